The van der Waals surface area contributed by atoms with E-state index in [9.17, 15) is 4.79 Å². The summed E-state index contributed by atoms with van der Waals surface area (Å²) < 4.78 is 0. The summed E-state index contributed by atoms with van der Waals surface area (Å²) in [6.45, 7) is 0. The smallest absolute Gasteiger partial charge is 0.139 e. The van der Waals surface area contributed by atoms with Gasteiger partial charge in [-0.3, -0.25) is 0 Å². The zero-order valence-electron chi connectivity index (χ0n) is 3.03. The second-order valence-corrected chi connectivity index (χ2v) is 1.68. The van der Waals surface area contributed by atoms with E-state index < -0.39 is 5.38 Å². The summed E-state index contributed by atoms with van der Waals surface area (Å²) >= 11 is 10.2. The van der Waals surface area contributed by atoms with Crippen molar-refractivity contribution in [1.29, 1.82) is 0 Å². The van der Waals surface area contributed by atoms with Crippen LogP contribution in [0.5, 0.6) is 0 Å². The third-order valence-electron chi connectivity index (χ3n) is 0.295. The fourth-order valence-electron chi connectivity index (χ4n) is 0.0364. The van der Waals surface area contributed by atoms with Gasteiger partial charge in [0.1, 0.15) is 11.7 Å². The highest BCUT2D eigenvalue weighted by atomic mass is 35.5. The predicted molar refractivity (Wildman–Crippen MR) is 28.5 cm³/mol. The molecule has 1 unspecified atom stereocenters. The zero-order valence-corrected chi connectivity index (χ0v) is 4.54. The number of hydrogen-bond donors (Lipinski definition) is 0. The summed E-state index contributed by atoms with van der Waals surface area (Å²) in [5.74, 6) is 0.199. The number of carbonyl (C=O) groups is 1. The Morgan fingerprint density at radius 2 is 2.50 bits per heavy atom. The van der Waals surface area contributed by atoms with Gasteiger partial charge in [-0.15, -0.1) is 23.2 Å². The maximum absolute atomic E-state index is 9.52. The summed E-state index contributed by atoms with van der Waals surface area (Å²) in [5, 5.41) is -0.508. The molecule has 0 saturated heterocycles. The zero-order chi connectivity index (χ0) is 4.99. The van der Waals surface area contributed by atoms with E-state index >= 15 is 0 Å². The van der Waals surface area contributed by atoms with Crippen LogP contribution >= 0.6 is 23.2 Å². The van der Waals surface area contributed by atoms with Crippen LogP contribution in [0.2, 0.25) is 0 Å². The molecule has 0 radical (unpaired) electrons. The Hall–Kier alpha value is 0.250. The van der Waals surface area contributed by atoms with Crippen molar-refractivity contribution in [2.75, 3.05) is 5.88 Å². The highest BCUT2D eigenvalue weighted by Crippen LogP contribution is 1.91. The molecule has 0 spiro atoms. The lowest BCUT2D eigenvalue weighted by Crippen LogP contribution is -1.98. The van der Waals surface area contributed by atoms with Crippen LogP contribution in [0.3, 0.4) is 0 Å². The number of halogens is 2. The normalized spacial score (nSPS) is 13.7. The first kappa shape index (κ1) is 6.25. The van der Waals surface area contributed by atoms with Crippen molar-refractivity contribution in [3.8, 4) is 0 Å². The fraction of sp³-hybridized carbons (Fsp3) is 0.667. The standard InChI is InChI=1S/C3H4Cl2O.H2/c4-1-3(5)2-6;/h2-3H,1H2;1H. The Morgan fingerprint density at radius 1 is 2.00 bits per heavy atom. The minimum Gasteiger partial charge on any atom is -0.302 e. The van der Waals surface area contributed by atoms with Crippen molar-refractivity contribution < 1.29 is 6.22 Å². The maximum Gasteiger partial charge on any atom is 0.139 e. The molecule has 0 fully saturated rings. The lowest BCUT2D eigenvalue weighted by molar-refractivity contribution is -0.107. The molecule has 0 heterocycles. The summed E-state index contributed by atoms with van der Waals surface area (Å²) in [7, 11) is 0. The van der Waals surface area contributed by atoms with E-state index in [1.165, 1.54) is 0 Å². The first-order valence-electron chi connectivity index (χ1n) is 1.46. The van der Waals surface area contributed by atoms with Gasteiger partial charge in [-0.1, -0.05) is 0 Å². The van der Waals surface area contributed by atoms with Crippen LogP contribution in [-0.4, -0.2) is 17.5 Å². The van der Waals surface area contributed by atoms with Crippen LogP contribution in [0.4, 0.5) is 0 Å². The van der Waals surface area contributed by atoms with Crippen molar-refractivity contribution in [2.24, 2.45) is 0 Å². The molecule has 0 bridgehead atoms. The van der Waals surface area contributed by atoms with Gasteiger partial charge in [0.05, 0.1) is 0 Å². The predicted octanol–water partition coefficient (Wildman–Crippen LogP) is 1.28. The number of aldehydes is 1. The third-order valence-corrected chi connectivity index (χ3v) is 1.04. The van der Waals surface area contributed by atoms with Gasteiger partial charge in [0.2, 0.25) is 0 Å². The Kier molecular flexibility index (Phi) is 3.58. The van der Waals surface area contributed by atoms with E-state index in [-0.39, 0.29) is 7.31 Å². The quantitative estimate of drug-likeness (QED) is 0.405. The Bertz CT molecular complexity index is 50.2. The molecule has 0 aromatic heterocycles. The molecule has 0 aliphatic heterocycles. The third kappa shape index (κ3) is 2.49. The Labute approximate surface area is 47.7 Å². The summed E-state index contributed by atoms with van der Waals surface area (Å²) in [6, 6.07) is 0. The minimum atomic E-state index is -0.508. The molecule has 0 N–H and O–H groups in total. The lowest BCUT2D eigenvalue weighted by Gasteiger charge is -1.84. The van der Waals surface area contributed by atoms with Gasteiger partial charge in [-0.05, 0) is 0 Å². The van der Waals surface area contributed by atoms with Crippen LogP contribution in [0.1, 0.15) is 1.43 Å². The lowest BCUT2D eigenvalue weighted by atomic mass is 10.5. The van der Waals surface area contributed by atoms with E-state index in [0.29, 0.717) is 6.29 Å². The van der Waals surface area contributed by atoms with Gasteiger partial charge in [0, 0.05) is 7.31 Å². The van der Waals surface area contributed by atoms with Gasteiger partial charge in [-0.25, -0.2) is 0 Å². The first-order chi connectivity index (χ1) is 2.81. The molecule has 0 aromatic carbocycles. The molecule has 38 valence electrons. The van der Waals surface area contributed by atoms with Crippen LogP contribution in [0, 0.1) is 0 Å². The van der Waals surface area contributed by atoms with Crippen LogP contribution in [-0.2, 0) is 4.79 Å². The molecule has 0 rings (SSSR count). The largest absolute Gasteiger partial charge is 0.302 e. The van der Waals surface area contributed by atoms with Crippen molar-refractivity contribution in [3.05, 3.63) is 0 Å². The molecule has 3 heteroatoms. The summed E-state index contributed by atoms with van der Waals surface area (Å²) in [5.41, 5.74) is 0. The SMILES string of the molecule is O=CC(Cl)CCl.[HH]. The van der Waals surface area contributed by atoms with Gasteiger partial charge in [0.15, 0.2) is 0 Å². The van der Waals surface area contributed by atoms with E-state index in [1.807, 2.05) is 0 Å². The second kappa shape index (κ2) is 3.44. The van der Waals surface area contributed by atoms with E-state index in [0.717, 1.165) is 0 Å². The van der Waals surface area contributed by atoms with Crippen molar-refractivity contribution in [1.82, 2.24) is 0 Å². The molecule has 6 heavy (non-hydrogen) atoms. The van der Waals surface area contributed by atoms with Gasteiger partial charge in [-0.2, -0.15) is 0 Å². The average Bonchev–Trinajstić information content (AvgIpc) is 1.65. The molecule has 0 aromatic rings. The topological polar surface area (TPSA) is 17.1 Å². The fourth-order valence-corrected chi connectivity index (χ4v) is 0.109. The minimum absolute atomic E-state index is 0. The van der Waals surface area contributed by atoms with Gasteiger partial charge < -0.3 is 4.79 Å². The maximum atomic E-state index is 9.52. The van der Waals surface area contributed by atoms with E-state index in [1.54, 1.807) is 0 Å². The van der Waals surface area contributed by atoms with Crippen molar-refractivity contribution in [3.63, 3.8) is 0 Å². The van der Waals surface area contributed by atoms with E-state index in [4.69, 9.17) is 23.2 Å². The monoisotopic (exact) mass is 128 g/mol. The molecule has 0 aliphatic rings. The highest BCUT2D eigenvalue weighted by Gasteiger charge is 1.94. The Morgan fingerprint density at radius 3 is 2.50 bits per heavy atom. The first-order valence-corrected chi connectivity index (χ1v) is 2.43. The van der Waals surface area contributed by atoms with Crippen LogP contribution in [0.15, 0.2) is 0 Å². The molecule has 0 saturated carbocycles. The van der Waals surface area contributed by atoms with Crippen LogP contribution in [0.25, 0.3) is 0 Å². The number of carbonyl (C=O) groups excluding carboxylic acids is 1. The van der Waals surface area contributed by atoms with Gasteiger partial charge in [0.25, 0.3) is 0 Å². The number of hydrogen-bond acceptors (Lipinski definition) is 1. The van der Waals surface area contributed by atoms with Crippen molar-refractivity contribution in [2.45, 2.75) is 5.38 Å². The van der Waals surface area contributed by atoms with Crippen LogP contribution < -0.4 is 0 Å². The molecular weight excluding hydrogens is 123 g/mol. The average molecular weight is 129 g/mol. The number of alkyl halides is 2. The van der Waals surface area contributed by atoms with Gasteiger partial charge >= 0.3 is 0 Å². The molecule has 0 aliphatic carbocycles. The van der Waals surface area contributed by atoms with Crippen molar-refractivity contribution >= 4 is 29.5 Å². The number of rotatable bonds is 2. The second-order valence-electron chi connectivity index (χ2n) is 0.806. The molecular formula is C3H6Cl2O. The molecule has 1 nitrogen and oxygen atoms in total. The highest BCUT2D eigenvalue weighted by molar-refractivity contribution is 6.33. The Balaban J connectivity index is 0. The molecule has 1 atom stereocenters. The summed E-state index contributed by atoms with van der Waals surface area (Å²) in [6.07, 6.45) is 0.606. The summed E-state index contributed by atoms with van der Waals surface area (Å²) in [4.78, 5) is 9.52. The molecule has 0 amide bonds. The van der Waals surface area contributed by atoms with E-state index in [2.05, 4.69) is 0 Å².